The Kier molecular flexibility index (Phi) is 3.90. The van der Waals surface area contributed by atoms with Crippen LogP contribution in [0.15, 0.2) is 18.3 Å². The van der Waals surface area contributed by atoms with E-state index in [9.17, 15) is 4.79 Å². The standard InChI is InChI=1S/C16H23N3O/c1-2-14-5-3-4-10-19(14)15-9-8-13(11-17-15)18-16(20)12-6-7-12/h8-9,11-12,14H,2-7,10H2,1H3,(H,18,20). The second kappa shape index (κ2) is 5.81. The van der Waals surface area contributed by atoms with Gasteiger partial charge in [-0.25, -0.2) is 4.98 Å². The number of aromatic nitrogens is 1. The van der Waals surface area contributed by atoms with E-state index < -0.39 is 0 Å². The van der Waals surface area contributed by atoms with Crippen molar-refractivity contribution in [2.45, 2.75) is 51.5 Å². The van der Waals surface area contributed by atoms with Crippen LogP contribution in [0.4, 0.5) is 11.5 Å². The summed E-state index contributed by atoms with van der Waals surface area (Å²) in [4.78, 5) is 18.7. The molecule has 108 valence electrons. The maximum atomic E-state index is 11.7. The third kappa shape index (κ3) is 2.94. The molecular formula is C16H23N3O. The summed E-state index contributed by atoms with van der Waals surface area (Å²) < 4.78 is 0. The lowest BCUT2D eigenvalue weighted by Crippen LogP contribution is -2.39. The van der Waals surface area contributed by atoms with Crippen LogP contribution in [0.5, 0.6) is 0 Å². The van der Waals surface area contributed by atoms with Crippen molar-refractivity contribution in [3.05, 3.63) is 18.3 Å². The molecule has 1 saturated heterocycles. The minimum atomic E-state index is 0.143. The minimum Gasteiger partial charge on any atom is -0.354 e. The molecule has 2 fully saturated rings. The van der Waals surface area contributed by atoms with Crippen molar-refractivity contribution >= 4 is 17.4 Å². The molecule has 3 rings (SSSR count). The number of amides is 1. The van der Waals surface area contributed by atoms with Gasteiger partial charge in [0.25, 0.3) is 0 Å². The summed E-state index contributed by atoms with van der Waals surface area (Å²) in [6.07, 6.45) is 8.85. The maximum Gasteiger partial charge on any atom is 0.227 e. The summed E-state index contributed by atoms with van der Waals surface area (Å²) in [7, 11) is 0. The first kappa shape index (κ1) is 13.4. The summed E-state index contributed by atoms with van der Waals surface area (Å²) >= 11 is 0. The van der Waals surface area contributed by atoms with Gasteiger partial charge in [0.05, 0.1) is 11.9 Å². The fourth-order valence-corrected chi connectivity index (χ4v) is 2.95. The number of hydrogen-bond acceptors (Lipinski definition) is 3. The molecule has 4 heteroatoms. The van der Waals surface area contributed by atoms with Crippen LogP contribution in [0, 0.1) is 5.92 Å². The minimum absolute atomic E-state index is 0.143. The van der Waals surface area contributed by atoms with Crippen molar-refractivity contribution in [2.24, 2.45) is 5.92 Å². The zero-order valence-corrected chi connectivity index (χ0v) is 12.1. The molecule has 1 aliphatic carbocycles. The van der Waals surface area contributed by atoms with E-state index in [0.29, 0.717) is 6.04 Å². The third-order valence-electron chi connectivity index (χ3n) is 4.36. The van der Waals surface area contributed by atoms with Crippen molar-refractivity contribution in [3.8, 4) is 0 Å². The number of carbonyl (C=O) groups is 1. The molecule has 2 aliphatic rings. The van der Waals surface area contributed by atoms with Crippen molar-refractivity contribution in [3.63, 3.8) is 0 Å². The number of hydrogen-bond donors (Lipinski definition) is 1. The van der Waals surface area contributed by atoms with E-state index in [1.165, 1.54) is 25.7 Å². The Hall–Kier alpha value is -1.58. The lowest BCUT2D eigenvalue weighted by molar-refractivity contribution is -0.117. The van der Waals surface area contributed by atoms with Gasteiger partial charge in [-0.05, 0) is 50.7 Å². The van der Waals surface area contributed by atoms with Crippen molar-refractivity contribution in [1.82, 2.24) is 4.98 Å². The van der Waals surface area contributed by atoms with Crippen LogP contribution in [-0.4, -0.2) is 23.5 Å². The summed E-state index contributed by atoms with van der Waals surface area (Å²) in [6, 6.07) is 4.63. The Labute approximate surface area is 120 Å². The average Bonchev–Trinajstić information content (AvgIpc) is 3.33. The van der Waals surface area contributed by atoms with Crippen molar-refractivity contribution in [2.75, 3.05) is 16.8 Å². The summed E-state index contributed by atoms with van der Waals surface area (Å²) in [5, 5.41) is 2.94. The number of pyridine rings is 1. The van der Waals surface area contributed by atoms with Crippen LogP contribution < -0.4 is 10.2 Å². The number of anilines is 2. The van der Waals surface area contributed by atoms with E-state index in [2.05, 4.69) is 22.1 Å². The lowest BCUT2D eigenvalue weighted by atomic mass is 10.00. The summed E-state index contributed by atoms with van der Waals surface area (Å²) in [5.41, 5.74) is 0.815. The van der Waals surface area contributed by atoms with Crippen LogP contribution in [0.2, 0.25) is 0 Å². The van der Waals surface area contributed by atoms with Gasteiger partial charge < -0.3 is 10.2 Å². The van der Waals surface area contributed by atoms with Gasteiger partial charge >= 0.3 is 0 Å². The lowest BCUT2D eigenvalue weighted by Gasteiger charge is -2.36. The van der Waals surface area contributed by atoms with Crippen molar-refractivity contribution < 1.29 is 4.79 Å². The highest BCUT2D eigenvalue weighted by Gasteiger charge is 2.29. The first-order valence-electron chi connectivity index (χ1n) is 7.81. The second-order valence-electron chi connectivity index (χ2n) is 5.92. The number of rotatable bonds is 4. The molecule has 0 radical (unpaired) electrons. The largest absolute Gasteiger partial charge is 0.354 e. The van der Waals surface area contributed by atoms with Gasteiger partial charge in [0.15, 0.2) is 0 Å². The van der Waals surface area contributed by atoms with Crippen LogP contribution in [0.3, 0.4) is 0 Å². The molecule has 4 nitrogen and oxygen atoms in total. The first-order valence-corrected chi connectivity index (χ1v) is 7.81. The fraction of sp³-hybridized carbons (Fsp3) is 0.625. The van der Waals surface area contributed by atoms with Gasteiger partial charge in [0.2, 0.25) is 5.91 Å². The molecule has 0 bridgehead atoms. The number of nitrogens with one attached hydrogen (secondary N) is 1. The van der Waals surface area contributed by atoms with Gasteiger partial charge in [-0.1, -0.05) is 6.92 Å². The fourth-order valence-electron chi connectivity index (χ4n) is 2.95. The smallest absolute Gasteiger partial charge is 0.227 e. The highest BCUT2D eigenvalue weighted by molar-refractivity contribution is 5.93. The molecule has 1 N–H and O–H groups in total. The number of nitrogens with zero attached hydrogens (tertiary/aromatic N) is 2. The molecule has 1 amide bonds. The summed E-state index contributed by atoms with van der Waals surface area (Å²) in [6.45, 7) is 3.34. The van der Waals surface area contributed by atoms with E-state index in [-0.39, 0.29) is 11.8 Å². The van der Waals surface area contributed by atoms with E-state index in [1.54, 1.807) is 6.20 Å². The van der Waals surface area contributed by atoms with Gasteiger partial charge in [0.1, 0.15) is 5.82 Å². The van der Waals surface area contributed by atoms with E-state index in [4.69, 9.17) is 0 Å². The highest BCUT2D eigenvalue weighted by Crippen LogP contribution is 2.30. The third-order valence-corrected chi connectivity index (χ3v) is 4.36. The second-order valence-corrected chi connectivity index (χ2v) is 5.92. The Bertz CT molecular complexity index is 467. The van der Waals surface area contributed by atoms with Gasteiger partial charge in [0, 0.05) is 18.5 Å². The monoisotopic (exact) mass is 273 g/mol. The Morgan fingerprint density at radius 1 is 1.35 bits per heavy atom. The Morgan fingerprint density at radius 3 is 2.85 bits per heavy atom. The van der Waals surface area contributed by atoms with E-state index in [1.807, 2.05) is 12.1 Å². The zero-order valence-electron chi connectivity index (χ0n) is 12.1. The van der Waals surface area contributed by atoms with Crippen LogP contribution in [-0.2, 0) is 4.79 Å². The normalized spacial score (nSPS) is 22.6. The number of piperidine rings is 1. The number of carbonyl (C=O) groups excluding carboxylic acids is 1. The molecule has 1 aromatic heterocycles. The molecular weight excluding hydrogens is 250 g/mol. The topological polar surface area (TPSA) is 45.2 Å². The van der Waals surface area contributed by atoms with Gasteiger partial charge in [-0.15, -0.1) is 0 Å². The predicted octanol–water partition coefficient (Wildman–Crippen LogP) is 3.20. The van der Waals surface area contributed by atoms with E-state index >= 15 is 0 Å². The molecule has 20 heavy (non-hydrogen) atoms. The van der Waals surface area contributed by atoms with Gasteiger partial charge in [-0.3, -0.25) is 4.79 Å². The maximum absolute atomic E-state index is 11.7. The molecule has 1 unspecified atom stereocenters. The van der Waals surface area contributed by atoms with Crippen LogP contribution >= 0.6 is 0 Å². The van der Waals surface area contributed by atoms with Gasteiger partial charge in [-0.2, -0.15) is 0 Å². The summed E-state index contributed by atoms with van der Waals surface area (Å²) in [5.74, 6) is 1.42. The average molecular weight is 273 g/mol. The molecule has 1 atom stereocenters. The molecule has 0 spiro atoms. The molecule has 1 aromatic rings. The van der Waals surface area contributed by atoms with Crippen molar-refractivity contribution in [1.29, 1.82) is 0 Å². The molecule has 1 saturated carbocycles. The van der Waals surface area contributed by atoms with Crippen LogP contribution in [0.25, 0.3) is 0 Å². The predicted molar refractivity (Wildman–Crippen MR) is 80.9 cm³/mol. The highest BCUT2D eigenvalue weighted by atomic mass is 16.2. The Balaban J connectivity index is 1.66. The molecule has 2 heterocycles. The SMILES string of the molecule is CCC1CCCCN1c1ccc(NC(=O)C2CC2)cn1. The quantitative estimate of drug-likeness (QED) is 0.916. The molecule has 1 aliphatic heterocycles. The zero-order chi connectivity index (χ0) is 13.9. The first-order chi connectivity index (χ1) is 9.78. The Morgan fingerprint density at radius 2 is 2.20 bits per heavy atom. The molecule has 0 aromatic carbocycles. The van der Waals surface area contributed by atoms with E-state index in [0.717, 1.165) is 30.9 Å². The van der Waals surface area contributed by atoms with Crippen LogP contribution in [0.1, 0.15) is 45.4 Å².